The van der Waals surface area contributed by atoms with Gasteiger partial charge >= 0.3 is 0 Å². The zero-order valence-electron chi connectivity index (χ0n) is 14.2. The van der Waals surface area contributed by atoms with Crippen molar-refractivity contribution in [3.05, 3.63) is 24.5 Å². The summed E-state index contributed by atoms with van der Waals surface area (Å²) >= 11 is 5.29. The standard InChI is InChI=1S/C16H20N8S/c1-3-4-5-8-17-16(25)21-14-7-6-11-15(20-14)19-12(9-18-11)13-10-24(2)23-22-13/h6-7,9-10H,3-5,8H2,1-2H3,(H2,17,19,20,21,25). The predicted octanol–water partition coefficient (Wildman–Crippen LogP) is 2.30. The summed E-state index contributed by atoms with van der Waals surface area (Å²) < 4.78 is 1.62. The van der Waals surface area contributed by atoms with Crippen molar-refractivity contribution in [1.82, 2.24) is 35.3 Å². The molecule has 0 aliphatic carbocycles. The smallest absolute Gasteiger partial charge is 0.180 e. The Labute approximate surface area is 151 Å². The van der Waals surface area contributed by atoms with Gasteiger partial charge in [-0.1, -0.05) is 25.0 Å². The normalized spacial score (nSPS) is 10.8. The molecule has 3 rings (SSSR count). The van der Waals surface area contributed by atoms with E-state index in [1.165, 1.54) is 12.8 Å². The molecule has 9 heteroatoms. The molecule has 0 atom stereocenters. The fourth-order valence-electron chi connectivity index (χ4n) is 2.29. The van der Waals surface area contributed by atoms with Gasteiger partial charge in [-0.15, -0.1) is 5.10 Å². The van der Waals surface area contributed by atoms with Crippen LogP contribution in [0.4, 0.5) is 5.82 Å². The molecule has 0 saturated carbocycles. The Morgan fingerprint density at radius 2 is 2.08 bits per heavy atom. The van der Waals surface area contributed by atoms with Crippen LogP contribution in [-0.2, 0) is 7.05 Å². The summed E-state index contributed by atoms with van der Waals surface area (Å²) in [6.07, 6.45) is 6.91. The van der Waals surface area contributed by atoms with Crippen LogP contribution in [0.15, 0.2) is 24.5 Å². The average molecular weight is 356 g/mol. The molecule has 3 heterocycles. The molecule has 0 aromatic carbocycles. The number of rotatable bonds is 6. The molecule has 0 bridgehead atoms. The highest BCUT2D eigenvalue weighted by atomic mass is 32.1. The zero-order chi connectivity index (χ0) is 17.6. The Kier molecular flexibility index (Phi) is 5.44. The first-order chi connectivity index (χ1) is 12.2. The molecule has 3 aromatic rings. The van der Waals surface area contributed by atoms with Crippen LogP contribution in [0.25, 0.3) is 22.6 Å². The van der Waals surface area contributed by atoms with Crippen LogP contribution in [0.5, 0.6) is 0 Å². The van der Waals surface area contributed by atoms with Crippen LogP contribution in [0.3, 0.4) is 0 Å². The number of hydrogen-bond donors (Lipinski definition) is 2. The van der Waals surface area contributed by atoms with Crippen LogP contribution in [0, 0.1) is 0 Å². The number of nitrogens with zero attached hydrogens (tertiary/aromatic N) is 6. The van der Waals surface area contributed by atoms with Crippen molar-refractivity contribution < 1.29 is 0 Å². The molecular formula is C16H20N8S. The van der Waals surface area contributed by atoms with Crippen molar-refractivity contribution in [1.29, 1.82) is 0 Å². The second kappa shape index (κ2) is 7.93. The van der Waals surface area contributed by atoms with Crippen molar-refractivity contribution >= 4 is 34.3 Å². The number of aromatic nitrogens is 6. The minimum Gasteiger partial charge on any atom is -0.362 e. The van der Waals surface area contributed by atoms with Crippen molar-refractivity contribution in [2.75, 3.05) is 11.9 Å². The number of aryl methyl sites for hydroxylation is 1. The van der Waals surface area contributed by atoms with Gasteiger partial charge in [0.05, 0.1) is 12.4 Å². The number of unbranched alkanes of at least 4 members (excludes halogenated alkanes) is 2. The topological polar surface area (TPSA) is 93.4 Å². The van der Waals surface area contributed by atoms with Gasteiger partial charge in [-0.2, -0.15) is 0 Å². The number of nitrogens with one attached hydrogen (secondary N) is 2. The molecule has 0 amide bonds. The van der Waals surface area contributed by atoms with E-state index in [2.05, 4.69) is 42.8 Å². The fraction of sp³-hybridized carbons (Fsp3) is 0.375. The highest BCUT2D eigenvalue weighted by Gasteiger charge is 2.08. The van der Waals surface area contributed by atoms with Gasteiger partial charge in [0.25, 0.3) is 0 Å². The number of pyridine rings is 1. The molecule has 0 spiro atoms. The Bertz CT molecular complexity index is 875. The lowest BCUT2D eigenvalue weighted by molar-refractivity contribution is 0.697. The van der Waals surface area contributed by atoms with Crippen molar-refractivity contribution in [2.24, 2.45) is 7.05 Å². The summed E-state index contributed by atoms with van der Waals surface area (Å²) in [6, 6.07) is 3.69. The van der Waals surface area contributed by atoms with E-state index in [0.717, 1.165) is 13.0 Å². The monoisotopic (exact) mass is 356 g/mol. The van der Waals surface area contributed by atoms with E-state index in [1.807, 2.05) is 12.1 Å². The Hall–Kier alpha value is -2.68. The first-order valence-corrected chi connectivity index (χ1v) is 8.62. The van der Waals surface area contributed by atoms with Crippen molar-refractivity contribution in [2.45, 2.75) is 26.2 Å². The lowest BCUT2D eigenvalue weighted by Gasteiger charge is -2.10. The zero-order valence-corrected chi connectivity index (χ0v) is 15.0. The van der Waals surface area contributed by atoms with Crippen LogP contribution < -0.4 is 10.6 Å². The average Bonchev–Trinajstić information content (AvgIpc) is 3.04. The highest BCUT2D eigenvalue weighted by molar-refractivity contribution is 7.80. The van der Waals surface area contributed by atoms with Gasteiger partial charge in [-0.05, 0) is 30.8 Å². The Morgan fingerprint density at radius 3 is 2.84 bits per heavy atom. The second-order valence-corrected chi connectivity index (χ2v) is 6.07. The van der Waals surface area contributed by atoms with Crippen LogP contribution >= 0.6 is 12.2 Å². The quantitative estimate of drug-likeness (QED) is 0.513. The van der Waals surface area contributed by atoms with Crippen molar-refractivity contribution in [3.8, 4) is 11.4 Å². The molecule has 0 fully saturated rings. The summed E-state index contributed by atoms with van der Waals surface area (Å²) in [5.74, 6) is 0.631. The number of hydrogen-bond acceptors (Lipinski definition) is 6. The van der Waals surface area contributed by atoms with Crippen molar-refractivity contribution in [3.63, 3.8) is 0 Å². The third-order valence-corrected chi connectivity index (χ3v) is 3.83. The van der Waals surface area contributed by atoms with Gasteiger partial charge in [-0.3, -0.25) is 9.67 Å². The van der Waals surface area contributed by atoms with Crippen LogP contribution in [-0.4, -0.2) is 41.6 Å². The SMILES string of the molecule is CCCCCNC(=S)Nc1ccc2ncc(-c3cn(C)nn3)nc2n1. The lowest BCUT2D eigenvalue weighted by Crippen LogP contribution is -2.29. The van der Waals surface area contributed by atoms with Gasteiger partial charge in [0, 0.05) is 13.6 Å². The third kappa shape index (κ3) is 4.44. The maximum Gasteiger partial charge on any atom is 0.180 e. The molecule has 130 valence electrons. The summed E-state index contributed by atoms with van der Waals surface area (Å²) in [5.41, 5.74) is 2.53. The van der Waals surface area contributed by atoms with Gasteiger partial charge in [-0.25, -0.2) is 9.97 Å². The molecule has 0 aliphatic rings. The van der Waals surface area contributed by atoms with Gasteiger partial charge < -0.3 is 10.6 Å². The molecule has 8 nitrogen and oxygen atoms in total. The maximum atomic E-state index is 5.29. The van der Waals surface area contributed by atoms with Gasteiger partial charge in [0.1, 0.15) is 22.7 Å². The molecule has 2 N–H and O–H groups in total. The first-order valence-electron chi connectivity index (χ1n) is 8.21. The third-order valence-electron chi connectivity index (χ3n) is 3.58. The van der Waals surface area contributed by atoms with Crippen LogP contribution in [0.1, 0.15) is 26.2 Å². The molecule has 0 aliphatic heterocycles. The highest BCUT2D eigenvalue weighted by Crippen LogP contribution is 2.17. The van der Waals surface area contributed by atoms with E-state index in [4.69, 9.17) is 12.2 Å². The van der Waals surface area contributed by atoms with E-state index in [-0.39, 0.29) is 0 Å². The van der Waals surface area contributed by atoms with E-state index >= 15 is 0 Å². The minimum absolute atomic E-state index is 0.530. The fourth-order valence-corrected chi connectivity index (χ4v) is 2.50. The first kappa shape index (κ1) is 17.2. The van der Waals surface area contributed by atoms with E-state index in [0.29, 0.717) is 33.5 Å². The molecule has 3 aromatic heterocycles. The minimum atomic E-state index is 0.530. The Morgan fingerprint density at radius 1 is 1.20 bits per heavy atom. The molecule has 0 saturated heterocycles. The molecule has 25 heavy (non-hydrogen) atoms. The number of fused-ring (bicyclic) bond motifs is 1. The number of anilines is 1. The largest absolute Gasteiger partial charge is 0.362 e. The summed E-state index contributed by atoms with van der Waals surface area (Å²) in [7, 11) is 1.81. The van der Waals surface area contributed by atoms with E-state index < -0.39 is 0 Å². The van der Waals surface area contributed by atoms with E-state index in [9.17, 15) is 0 Å². The summed E-state index contributed by atoms with van der Waals surface area (Å²) in [6.45, 7) is 3.02. The van der Waals surface area contributed by atoms with E-state index in [1.54, 1.807) is 24.1 Å². The maximum absolute atomic E-state index is 5.29. The molecule has 0 unspecified atom stereocenters. The molecular weight excluding hydrogens is 336 g/mol. The lowest BCUT2D eigenvalue weighted by atomic mass is 10.2. The number of thiocarbonyl (C=S) groups is 1. The van der Waals surface area contributed by atoms with Gasteiger partial charge in [0.2, 0.25) is 0 Å². The summed E-state index contributed by atoms with van der Waals surface area (Å²) in [4.78, 5) is 13.4. The molecule has 0 radical (unpaired) electrons. The predicted molar refractivity (Wildman–Crippen MR) is 101 cm³/mol. The Balaban J connectivity index is 1.73. The van der Waals surface area contributed by atoms with Crippen LogP contribution in [0.2, 0.25) is 0 Å². The second-order valence-electron chi connectivity index (χ2n) is 5.66. The van der Waals surface area contributed by atoms with Gasteiger partial charge in [0.15, 0.2) is 10.8 Å². The summed E-state index contributed by atoms with van der Waals surface area (Å²) in [5, 5.41) is 14.8.